The molecule has 0 aliphatic rings. The summed E-state index contributed by atoms with van der Waals surface area (Å²) in [6, 6.07) is 9.29. The van der Waals surface area contributed by atoms with Crippen molar-refractivity contribution in [1.82, 2.24) is 25.1 Å². The van der Waals surface area contributed by atoms with Crippen LogP contribution in [-0.2, 0) is 6.42 Å². The van der Waals surface area contributed by atoms with E-state index in [-0.39, 0.29) is 18.4 Å². The largest absolute Gasteiger partial charge is 0.396 e. The van der Waals surface area contributed by atoms with Crippen LogP contribution in [0.25, 0.3) is 5.82 Å². The second-order valence-electron chi connectivity index (χ2n) is 6.57. The van der Waals surface area contributed by atoms with Crippen molar-refractivity contribution in [2.24, 2.45) is 5.92 Å². The number of amides is 1. The average molecular weight is 365 g/mol. The molecule has 0 radical (unpaired) electrons. The highest BCUT2D eigenvalue weighted by Crippen LogP contribution is 2.11. The van der Waals surface area contributed by atoms with E-state index >= 15 is 0 Å². The summed E-state index contributed by atoms with van der Waals surface area (Å²) in [7, 11) is 0. The zero-order valence-electron chi connectivity index (χ0n) is 15.5. The molecule has 3 heterocycles. The summed E-state index contributed by atoms with van der Waals surface area (Å²) in [4.78, 5) is 20.8. The van der Waals surface area contributed by atoms with Crippen molar-refractivity contribution in [2.45, 2.75) is 20.3 Å². The third kappa shape index (κ3) is 4.77. The lowest BCUT2D eigenvalue weighted by molar-refractivity contribution is 0.0939. The minimum atomic E-state index is -0.216. The molecule has 3 aromatic heterocycles. The molecule has 2 N–H and O–H groups in total. The fourth-order valence-corrected chi connectivity index (χ4v) is 2.90. The Hall–Kier alpha value is -3.06. The van der Waals surface area contributed by atoms with Gasteiger partial charge in [0.2, 0.25) is 0 Å². The predicted octanol–water partition coefficient (Wildman–Crippen LogP) is 1.86. The maximum Gasteiger partial charge on any atom is 0.252 e. The van der Waals surface area contributed by atoms with E-state index in [1.807, 2.05) is 32.0 Å². The number of hydrogen-bond donors (Lipinski definition) is 2. The SMILES string of the molecule is Cc1cc(C)n(-c2ccc(C(=O)NC[C@H](CO)Cc3cccnc3)cn2)n1. The summed E-state index contributed by atoms with van der Waals surface area (Å²) in [6.07, 6.45) is 5.67. The molecule has 0 saturated carbocycles. The molecule has 7 heteroatoms. The average Bonchev–Trinajstić information content (AvgIpc) is 3.03. The molecule has 0 aromatic carbocycles. The van der Waals surface area contributed by atoms with Crippen molar-refractivity contribution in [3.63, 3.8) is 0 Å². The van der Waals surface area contributed by atoms with Crippen LogP contribution < -0.4 is 5.32 Å². The van der Waals surface area contributed by atoms with E-state index in [1.54, 1.807) is 29.2 Å². The summed E-state index contributed by atoms with van der Waals surface area (Å²) >= 11 is 0. The number of aryl methyl sites for hydroxylation is 2. The summed E-state index contributed by atoms with van der Waals surface area (Å²) < 4.78 is 1.74. The summed E-state index contributed by atoms with van der Waals surface area (Å²) in [6.45, 7) is 4.25. The summed E-state index contributed by atoms with van der Waals surface area (Å²) in [5, 5.41) is 16.8. The van der Waals surface area contributed by atoms with Crippen LogP contribution in [0.1, 0.15) is 27.3 Å². The van der Waals surface area contributed by atoms with Crippen LogP contribution in [0.4, 0.5) is 0 Å². The number of nitrogens with zero attached hydrogens (tertiary/aromatic N) is 4. The first-order valence-electron chi connectivity index (χ1n) is 8.84. The molecule has 0 aliphatic heterocycles. The Morgan fingerprint density at radius 3 is 2.70 bits per heavy atom. The molecule has 0 unspecified atom stereocenters. The zero-order chi connectivity index (χ0) is 19.2. The predicted molar refractivity (Wildman–Crippen MR) is 102 cm³/mol. The lowest BCUT2D eigenvalue weighted by Crippen LogP contribution is -2.32. The highest BCUT2D eigenvalue weighted by Gasteiger charge is 2.13. The minimum Gasteiger partial charge on any atom is -0.396 e. The molecule has 140 valence electrons. The van der Waals surface area contributed by atoms with Crippen LogP contribution >= 0.6 is 0 Å². The van der Waals surface area contributed by atoms with Crippen molar-refractivity contribution in [3.8, 4) is 5.82 Å². The van der Waals surface area contributed by atoms with Gasteiger partial charge in [0, 0.05) is 43.4 Å². The van der Waals surface area contributed by atoms with Gasteiger partial charge in [-0.1, -0.05) is 6.07 Å². The highest BCUT2D eigenvalue weighted by molar-refractivity contribution is 5.93. The number of rotatable bonds is 7. The maximum atomic E-state index is 12.4. The molecule has 27 heavy (non-hydrogen) atoms. The number of pyridine rings is 2. The van der Waals surface area contributed by atoms with Gasteiger partial charge in [-0.05, 0) is 50.1 Å². The van der Waals surface area contributed by atoms with E-state index < -0.39 is 0 Å². The molecule has 1 atom stereocenters. The second-order valence-corrected chi connectivity index (χ2v) is 6.57. The third-order valence-corrected chi connectivity index (χ3v) is 4.29. The number of aliphatic hydroxyl groups is 1. The van der Waals surface area contributed by atoms with Crippen LogP contribution in [0.15, 0.2) is 48.9 Å². The van der Waals surface area contributed by atoms with Gasteiger partial charge in [0.15, 0.2) is 5.82 Å². The van der Waals surface area contributed by atoms with Gasteiger partial charge in [0.25, 0.3) is 5.91 Å². The van der Waals surface area contributed by atoms with Gasteiger partial charge in [-0.25, -0.2) is 9.67 Å². The maximum absolute atomic E-state index is 12.4. The van der Waals surface area contributed by atoms with Crippen LogP contribution in [0, 0.1) is 19.8 Å². The highest BCUT2D eigenvalue weighted by atomic mass is 16.3. The molecule has 1 amide bonds. The van der Waals surface area contributed by atoms with Crippen LogP contribution in [0.2, 0.25) is 0 Å². The smallest absolute Gasteiger partial charge is 0.252 e. The number of carbonyl (C=O) groups is 1. The molecule has 3 rings (SSSR count). The number of nitrogens with one attached hydrogen (secondary N) is 1. The molecule has 7 nitrogen and oxygen atoms in total. The normalized spacial score (nSPS) is 12.0. The van der Waals surface area contributed by atoms with Crippen LogP contribution in [-0.4, -0.2) is 43.9 Å². The molecule has 0 fully saturated rings. The topological polar surface area (TPSA) is 92.9 Å². The van der Waals surface area contributed by atoms with Gasteiger partial charge in [0.05, 0.1) is 11.3 Å². The van der Waals surface area contributed by atoms with Gasteiger partial charge < -0.3 is 10.4 Å². The fourth-order valence-electron chi connectivity index (χ4n) is 2.90. The fraction of sp³-hybridized carbons (Fsp3) is 0.300. The van der Waals surface area contributed by atoms with Crippen LogP contribution in [0.5, 0.6) is 0 Å². The first-order valence-corrected chi connectivity index (χ1v) is 8.84. The summed E-state index contributed by atoms with van der Waals surface area (Å²) in [5.41, 5.74) is 3.40. The van der Waals surface area contributed by atoms with E-state index in [0.29, 0.717) is 24.3 Å². The second kappa shape index (κ2) is 8.55. The van der Waals surface area contributed by atoms with E-state index in [0.717, 1.165) is 17.0 Å². The van der Waals surface area contributed by atoms with E-state index in [1.165, 1.54) is 6.20 Å². The monoisotopic (exact) mass is 365 g/mol. The number of aromatic nitrogens is 4. The van der Waals surface area contributed by atoms with Gasteiger partial charge in [0.1, 0.15) is 0 Å². The van der Waals surface area contributed by atoms with E-state index in [2.05, 4.69) is 20.4 Å². The first-order chi connectivity index (χ1) is 13.1. The third-order valence-electron chi connectivity index (χ3n) is 4.29. The van der Waals surface area contributed by atoms with Gasteiger partial charge in [-0.15, -0.1) is 0 Å². The quantitative estimate of drug-likeness (QED) is 0.667. The van der Waals surface area contributed by atoms with Gasteiger partial charge in [-0.3, -0.25) is 9.78 Å². The Labute approximate surface area is 158 Å². The van der Waals surface area contributed by atoms with Crippen LogP contribution in [0.3, 0.4) is 0 Å². The van der Waals surface area contributed by atoms with E-state index in [9.17, 15) is 9.90 Å². The lowest BCUT2D eigenvalue weighted by atomic mass is 10.0. The summed E-state index contributed by atoms with van der Waals surface area (Å²) in [5.74, 6) is 0.383. The molecule has 3 aromatic rings. The van der Waals surface area contributed by atoms with Gasteiger partial charge in [-0.2, -0.15) is 5.10 Å². The van der Waals surface area contributed by atoms with Crippen molar-refractivity contribution in [2.75, 3.05) is 13.2 Å². The van der Waals surface area contributed by atoms with Crippen molar-refractivity contribution in [1.29, 1.82) is 0 Å². The Bertz CT molecular complexity index is 890. The molecular formula is C20H23N5O2. The molecule has 0 saturated heterocycles. The Morgan fingerprint density at radius 2 is 2.11 bits per heavy atom. The molecule has 0 aliphatic carbocycles. The standard InChI is InChI=1S/C20H23N5O2/c1-14-8-15(2)25(24-14)19-6-5-18(12-22-19)20(27)23-11-17(13-26)9-16-4-3-7-21-10-16/h3-8,10,12,17,26H,9,11,13H2,1-2H3,(H,23,27)/t17-/m1/s1. The Kier molecular flexibility index (Phi) is 5.93. The van der Waals surface area contributed by atoms with E-state index in [4.69, 9.17) is 0 Å². The number of aliphatic hydroxyl groups excluding tert-OH is 1. The first kappa shape index (κ1) is 18.7. The van der Waals surface area contributed by atoms with Crippen molar-refractivity contribution < 1.29 is 9.90 Å². The lowest BCUT2D eigenvalue weighted by Gasteiger charge is -2.15. The number of hydrogen-bond acceptors (Lipinski definition) is 5. The Morgan fingerprint density at radius 1 is 1.26 bits per heavy atom. The molecule has 0 spiro atoms. The van der Waals surface area contributed by atoms with Crippen molar-refractivity contribution in [3.05, 3.63) is 71.4 Å². The van der Waals surface area contributed by atoms with Crippen molar-refractivity contribution >= 4 is 5.91 Å². The van der Waals surface area contributed by atoms with Gasteiger partial charge >= 0.3 is 0 Å². The minimum absolute atomic E-state index is 0.00963. The molecular weight excluding hydrogens is 342 g/mol. The zero-order valence-corrected chi connectivity index (χ0v) is 15.5. The number of carbonyl (C=O) groups excluding carboxylic acids is 1. The Balaban J connectivity index is 1.59. The molecule has 0 bridgehead atoms.